The van der Waals surface area contributed by atoms with Gasteiger partial charge in [0.2, 0.25) is 11.8 Å². The third kappa shape index (κ3) is 3.14. The van der Waals surface area contributed by atoms with Crippen molar-refractivity contribution >= 4 is 16.1 Å². The average Bonchev–Trinajstić information content (AvgIpc) is 2.86. The number of fused-ring (bicyclic) bond motifs is 3. The van der Waals surface area contributed by atoms with Gasteiger partial charge in [-0.15, -0.1) is 0 Å². The van der Waals surface area contributed by atoms with Crippen molar-refractivity contribution in [2.45, 2.75) is 31.1 Å². The van der Waals surface area contributed by atoms with Crippen LogP contribution >= 0.6 is 0 Å². The summed E-state index contributed by atoms with van der Waals surface area (Å²) >= 11 is 0. The second kappa shape index (κ2) is 6.34. The van der Waals surface area contributed by atoms with Crippen molar-refractivity contribution < 1.29 is 12.6 Å². The summed E-state index contributed by atoms with van der Waals surface area (Å²) in [5.41, 5.74) is 9.88. The Labute approximate surface area is 157 Å². The normalized spacial score (nSPS) is 13.6. The van der Waals surface area contributed by atoms with Crippen LogP contribution in [0.5, 0.6) is 5.88 Å². The fourth-order valence-corrected chi connectivity index (χ4v) is 4.15. The molecule has 0 atom stereocenters. The standard InChI is InChI=1S/C18H19N5O3S/c1-11-6-8-12(9-7-11)27(24,25)26-17-13-4-3-5-15-14(10-20-23(15)2)16(13)21-18(19)22-17/h6-10H,3-5H2,1-2H3,(H2,19,21,22). The molecule has 0 bridgehead atoms. The zero-order valence-electron chi connectivity index (χ0n) is 15.0. The van der Waals surface area contributed by atoms with Gasteiger partial charge in [-0.1, -0.05) is 17.7 Å². The molecule has 0 radical (unpaired) electrons. The number of anilines is 1. The van der Waals surface area contributed by atoms with E-state index in [9.17, 15) is 8.42 Å². The average molecular weight is 385 g/mol. The van der Waals surface area contributed by atoms with E-state index in [1.54, 1.807) is 23.0 Å². The van der Waals surface area contributed by atoms with E-state index in [2.05, 4.69) is 15.1 Å². The number of nitrogen functional groups attached to an aromatic ring is 1. The van der Waals surface area contributed by atoms with Crippen LogP contribution in [0.15, 0.2) is 35.4 Å². The van der Waals surface area contributed by atoms with E-state index in [0.717, 1.165) is 29.7 Å². The molecule has 9 heteroatoms. The smallest absolute Gasteiger partial charge is 0.340 e. The zero-order chi connectivity index (χ0) is 19.2. The first kappa shape index (κ1) is 17.5. The van der Waals surface area contributed by atoms with Gasteiger partial charge in [0.15, 0.2) is 0 Å². The summed E-state index contributed by atoms with van der Waals surface area (Å²) in [6.45, 7) is 1.88. The van der Waals surface area contributed by atoms with Gasteiger partial charge in [-0.25, -0.2) is 4.98 Å². The van der Waals surface area contributed by atoms with Crippen LogP contribution in [0.2, 0.25) is 0 Å². The number of hydrogen-bond acceptors (Lipinski definition) is 7. The van der Waals surface area contributed by atoms with Crippen molar-refractivity contribution in [3.8, 4) is 17.1 Å². The summed E-state index contributed by atoms with van der Waals surface area (Å²) in [5, 5.41) is 4.28. The Morgan fingerprint density at radius 3 is 2.63 bits per heavy atom. The Morgan fingerprint density at radius 2 is 1.89 bits per heavy atom. The molecule has 0 saturated heterocycles. The van der Waals surface area contributed by atoms with Crippen LogP contribution in [0.4, 0.5) is 5.95 Å². The van der Waals surface area contributed by atoms with Crippen molar-refractivity contribution in [2.75, 3.05) is 5.73 Å². The minimum absolute atomic E-state index is 0.0187. The highest BCUT2D eigenvalue weighted by Gasteiger charge is 2.27. The van der Waals surface area contributed by atoms with Crippen LogP contribution in [0, 0.1) is 6.92 Å². The number of aryl methyl sites for hydroxylation is 2. The van der Waals surface area contributed by atoms with Crippen LogP contribution in [-0.4, -0.2) is 28.2 Å². The molecule has 2 heterocycles. The molecule has 1 aliphatic carbocycles. The van der Waals surface area contributed by atoms with E-state index in [0.29, 0.717) is 17.7 Å². The third-order valence-corrected chi connectivity index (χ3v) is 5.87. The topological polar surface area (TPSA) is 113 Å². The molecule has 140 valence electrons. The molecule has 1 aromatic carbocycles. The SMILES string of the molecule is Cc1ccc(S(=O)(=O)Oc2nc(N)nc3c2CCCc2c-3cnn2C)cc1. The van der Waals surface area contributed by atoms with Crippen molar-refractivity contribution in [1.82, 2.24) is 19.7 Å². The largest absolute Gasteiger partial charge is 0.368 e. The second-order valence-corrected chi connectivity index (χ2v) is 8.09. The number of rotatable bonds is 3. The number of nitrogens with two attached hydrogens (primary N) is 1. The number of nitrogens with zero attached hydrogens (tertiary/aromatic N) is 4. The summed E-state index contributed by atoms with van der Waals surface area (Å²) in [6.07, 6.45) is 3.90. The Morgan fingerprint density at radius 1 is 1.15 bits per heavy atom. The molecule has 0 saturated carbocycles. The molecule has 0 spiro atoms. The first-order valence-corrected chi connectivity index (χ1v) is 9.95. The van der Waals surface area contributed by atoms with Crippen molar-refractivity contribution in [3.63, 3.8) is 0 Å². The summed E-state index contributed by atoms with van der Waals surface area (Å²) < 4.78 is 32.6. The molecule has 2 N–H and O–H groups in total. The highest BCUT2D eigenvalue weighted by molar-refractivity contribution is 7.87. The van der Waals surface area contributed by atoms with Gasteiger partial charge in [0, 0.05) is 23.9 Å². The van der Waals surface area contributed by atoms with Gasteiger partial charge in [-0.05, 0) is 38.3 Å². The monoisotopic (exact) mass is 385 g/mol. The lowest BCUT2D eigenvalue weighted by Gasteiger charge is -2.13. The number of hydrogen-bond donors (Lipinski definition) is 1. The molecule has 4 rings (SSSR count). The van der Waals surface area contributed by atoms with Crippen LogP contribution in [0.25, 0.3) is 11.3 Å². The van der Waals surface area contributed by atoms with Crippen LogP contribution < -0.4 is 9.92 Å². The van der Waals surface area contributed by atoms with E-state index < -0.39 is 10.1 Å². The molecule has 0 unspecified atom stereocenters. The van der Waals surface area contributed by atoms with E-state index >= 15 is 0 Å². The summed E-state index contributed by atoms with van der Waals surface area (Å²) in [5.74, 6) is -0.0608. The van der Waals surface area contributed by atoms with E-state index in [-0.39, 0.29) is 16.7 Å². The Bertz CT molecular complexity index is 1120. The minimum Gasteiger partial charge on any atom is -0.368 e. The highest BCUT2D eigenvalue weighted by Crippen LogP contribution is 2.36. The maximum Gasteiger partial charge on any atom is 0.340 e. The molecule has 0 fully saturated rings. The lowest BCUT2D eigenvalue weighted by Crippen LogP contribution is -2.14. The second-order valence-electron chi connectivity index (χ2n) is 6.55. The summed E-state index contributed by atoms with van der Waals surface area (Å²) in [6, 6.07) is 6.44. The molecule has 2 aromatic heterocycles. The van der Waals surface area contributed by atoms with Gasteiger partial charge in [0.1, 0.15) is 4.90 Å². The molecule has 8 nitrogen and oxygen atoms in total. The third-order valence-electron chi connectivity index (χ3n) is 4.64. The number of benzene rings is 1. The van der Waals surface area contributed by atoms with Gasteiger partial charge < -0.3 is 9.92 Å². The van der Waals surface area contributed by atoms with Gasteiger partial charge >= 0.3 is 10.1 Å². The molecule has 27 heavy (non-hydrogen) atoms. The molecule has 1 aliphatic rings. The molecular weight excluding hydrogens is 366 g/mol. The summed E-state index contributed by atoms with van der Waals surface area (Å²) in [4.78, 5) is 8.48. The quantitative estimate of drug-likeness (QED) is 0.686. The fourth-order valence-electron chi connectivity index (χ4n) is 3.24. The van der Waals surface area contributed by atoms with Crippen LogP contribution in [-0.2, 0) is 30.0 Å². The predicted octanol–water partition coefficient (Wildman–Crippen LogP) is 2.02. The van der Waals surface area contributed by atoms with Crippen molar-refractivity contribution in [2.24, 2.45) is 7.05 Å². The Hall–Kier alpha value is -2.94. The van der Waals surface area contributed by atoms with Crippen molar-refractivity contribution in [3.05, 3.63) is 47.3 Å². The Balaban J connectivity index is 1.81. The van der Waals surface area contributed by atoms with Gasteiger partial charge in [0.25, 0.3) is 0 Å². The molecule has 0 amide bonds. The maximum atomic E-state index is 12.7. The maximum absolute atomic E-state index is 12.7. The van der Waals surface area contributed by atoms with E-state index in [4.69, 9.17) is 9.92 Å². The van der Waals surface area contributed by atoms with Crippen LogP contribution in [0.3, 0.4) is 0 Å². The zero-order valence-corrected chi connectivity index (χ0v) is 15.8. The summed E-state index contributed by atoms with van der Waals surface area (Å²) in [7, 11) is -2.16. The van der Waals surface area contributed by atoms with Gasteiger partial charge in [-0.2, -0.15) is 18.5 Å². The molecule has 3 aromatic rings. The van der Waals surface area contributed by atoms with Gasteiger partial charge in [-0.3, -0.25) is 4.68 Å². The highest BCUT2D eigenvalue weighted by atomic mass is 32.2. The van der Waals surface area contributed by atoms with E-state index in [1.807, 2.05) is 14.0 Å². The van der Waals surface area contributed by atoms with Crippen LogP contribution in [0.1, 0.15) is 23.2 Å². The first-order valence-electron chi connectivity index (χ1n) is 8.54. The fraction of sp³-hybridized carbons (Fsp3) is 0.278. The van der Waals surface area contributed by atoms with Gasteiger partial charge in [0.05, 0.1) is 11.9 Å². The first-order chi connectivity index (χ1) is 12.8. The Kier molecular flexibility index (Phi) is 4.11. The van der Waals surface area contributed by atoms with E-state index in [1.165, 1.54) is 12.1 Å². The minimum atomic E-state index is -4.03. The predicted molar refractivity (Wildman–Crippen MR) is 99.7 cm³/mol. The molecule has 0 aliphatic heterocycles. The van der Waals surface area contributed by atoms with Crippen molar-refractivity contribution in [1.29, 1.82) is 0 Å². The lowest BCUT2D eigenvalue weighted by atomic mass is 10.1. The molecular formula is C18H19N5O3S. The number of aromatic nitrogens is 4. The lowest BCUT2D eigenvalue weighted by molar-refractivity contribution is 0.471.